The number of anilines is 2. The number of aromatic nitrogens is 3. The fourth-order valence-corrected chi connectivity index (χ4v) is 4.59. The van der Waals surface area contributed by atoms with Crippen molar-refractivity contribution in [1.29, 1.82) is 0 Å². The van der Waals surface area contributed by atoms with E-state index in [0.717, 1.165) is 17.7 Å². The number of carbonyl (C=O) groups is 1. The van der Waals surface area contributed by atoms with Crippen LogP contribution in [-0.4, -0.2) is 27.4 Å². The molecule has 1 aliphatic heterocycles. The molecule has 0 aliphatic carbocycles. The van der Waals surface area contributed by atoms with Crippen molar-refractivity contribution in [3.05, 3.63) is 39.3 Å². The number of nitrogens with two attached hydrogens (primary N) is 2. The van der Waals surface area contributed by atoms with Crippen molar-refractivity contribution in [3.8, 4) is 0 Å². The first kappa shape index (κ1) is 20.3. The normalized spacial score (nSPS) is 16.9. The molecule has 2 unspecified atom stereocenters. The highest BCUT2D eigenvalue weighted by Gasteiger charge is 2.40. The van der Waals surface area contributed by atoms with Gasteiger partial charge in [0.1, 0.15) is 11.0 Å². The van der Waals surface area contributed by atoms with Crippen molar-refractivity contribution in [3.63, 3.8) is 0 Å². The Bertz CT molecular complexity index is 916. The molecular weight excluding hydrogens is 376 g/mol. The van der Waals surface area contributed by atoms with E-state index in [9.17, 15) is 4.79 Å². The Kier molecular flexibility index (Phi) is 5.74. The van der Waals surface area contributed by atoms with E-state index < -0.39 is 0 Å². The number of fused-ring (bicyclic) bond motifs is 1. The van der Waals surface area contributed by atoms with Gasteiger partial charge in [-0.25, -0.2) is 4.98 Å². The zero-order valence-electron chi connectivity index (χ0n) is 16.8. The second-order valence-electron chi connectivity index (χ2n) is 7.36. The lowest BCUT2D eigenvalue weighted by Crippen LogP contribution is -2.32. The quantitative estimate of drug-likeness (QED) is 0.718. The molecule has 0 saturated carbocycles. The lowest BCUT2D eigenvalue weighted by Gasteiger charge is -2.23. The summed E-state index contributed by atoms with van der Waals surface area (Å²) in [7, 11) is 0. The summed E-state index contributed by atoms with van der Waals surface area (Å²) in [5.41, 5.74) is 16.9. The summed E-state index contributed by atoms with van der Waals surface area (Å²) in [6.07, 6.45) is 3.48. The fraction of sp³-hybridized carbons (Fsp3) is 0.500. The second-order valence-corrected chi connectivity index (χ2v) is 7.72. The van der Waals surface area contributed by atoms with Gasteiger partial charge in [-0.2, -0.15) is 4.98 Å². The summed E-state index contributed by atoms with van der Waals surface area (Å²) < 4.78 is 0. The van der Waals surface area contributed by atoms with E-state index >= 15 is 0 Å². The molecule has 0 saturated heterocycles. The van der Waals surface area contributed by atoms with Gasteiger partial charge in [0.25, 0.3) is 0 Å². The number of nitrogens with zero attached hydrogens (tertiary/aromatic N) is 4. The number of nitrogen functional groups attached to an aromatic ring is 1. The van der Waals surface area contributed by atoms with Gasteiger partial charge in [-0.1, -0.05) is 25.4 Å². The van der Waals surface area contributed by atoms with Gasteiger partial charge in [0.15, 0.2) is 0 Å². The van der Waals surface area contributed by atoms with Gasteiger partial charge < -0.3 is 16.4 Å². The molecule has 1 amide bonds. The van der Waals surface area contributed by atoms with Gasteiger partial charge in [-0.15, -0.1) is 0 Å². The highest BCUT2D eigenvalue weighted by atomic mass is 35.5. The third-order valence-corrected chi connectivity index (χ3v) is 6.03. The number of halogens is 1. The molecule has 150 valence electrons. The van der Waals surface area contributed by atoms with Crippen LogP contribution in [0.15, 0.2) is 6.20 Å². The van der Waals surface area contributed by atoms with Crippen LogP contribution in [-0.2, 0) is 17.8 Å². The van der Waals surface area contributed by atoms with Crippen molar-refractivity contribution in [2.24, 2.45) is 11.7 Å². The minimum absolute atomic E-state index is 0.115. The standard InChI is InChI=1S/C20H27ClN6O/c1-5-12-10(3)7-24-15(11(12)4)9-27-8-14(13(6-2)18(22)28)16-17(21)25-20(23)26-19(16)27/h7,13-14H,5-6,8-9H2,1-4H3,(H2,22,28)(H2,23,25,26). The van der Waals surface area contributed by atoms with E-state index in [1.54, 1.807) is 0 Å². The number of pyridine rings is 1. The first-order valence-corrected chi connectivity index (χ1v) is 9.97. The van der Waals surface area contributed by atoms with E-state index in [2.05, 4.69) is 40.6 Å². The third-order valence-electron chi connectivity index (χ3n) is 5.74. The first-order valence-electron chi connectivity index (χ1n) is 9.59. The van der Waals surface area contributed by atoms with Crippen LogP contribution in [0.1, 0.15) is 54.1 Å². The molecule has 0 bridgehead atoms. The molecular formula is C20H27ClN6O. The SMILES string of the molecule is CCc1c(C)cnc(CN2CC(C(CC)C(N)=O)c3c(Cl)nc(N)nc32)c1C. The van der Waals surface area contributed by atoms with Gasteiger partial charge in [0.05, 0.1) is 12.2 Å². The summed E-state index contributed by atoms with van der Waals surface area (Å²) in [5, 5.41) is 0.289. The molecule has 0 fully saturated rings. The van der Waals surface area contributed by atoms with Crippen LogP contribution in [0.3, 0.4) is 0 Å². The van der Waals surface area contributed by atoms with Crippen LogP contribution < -0.4 is 16.4 Å². The molecule has 0 spiro atoms. The molecule has 2 aromatic rings. The van der Waals surface area contributed by atoms with Crippen LogP contribution in [0.5, 0.6) is 0 Å². The summed E-state index contributed by atoms with van der Waals surface area (Å²) >= 11 is 6.42. The smallest absolute Gasteiger partial charge is 0.223 e. The number of hydrogen-bond donors (Lipinski definition) is 2. The van der Waals surface area contributed by atoms with E-state index in [1.807, 2.05) is 13.1 Å². The molecule has 3 heterocycles. The maximum absolute atomic E-state index is 12.0. The number of aryl methyl sites for hydroxylation is 1. The summed E-state index contributed by atoms with van der Waals surface area (Å²) in [6, 6.07) is 0. The third kappa shape index (κ3) is 3.51. The van der Waals surface area contributed by atoms with Gasteiger partial charge in [0.2, 0.25) is 11.9 Å². The Morgan fingerprint density at radius 3 is 2.68 bits per heavy atom. The van der Waals surface area contributed by atoms with Crippen molar-refractivity contribution in [2.45, 2.75) is 53.0 Å². The number of primary amides is 1. The Hall–Kier alpha value is -2.41. The van der Waals surface area contributed by atoms with E-state index in [0.29, 0.717) is 25.3 Å². The molecule has 0 radical (unpaired) electrons. The van der Waals surface area contributed by atoms with Crippen molar-refractivity contribution in [2.75, 3.05) is 17.2 Å². The number of amides is 1. The molecule has 2 aromatic heterocycles. The van der Waals surface area contributed by atoms with E-state index in [1.165, 1.54) is 16.7 Å². The predicted octanol–water partition coefficient (Wildman–Crippen LogP) is 2.90. The maximum Gasteiger partial charge on any atom is 0.223 e. The van der Waals surface area contributed by atoms with Gasteiger partial charge in [0, 0.05) is 30.1 Å². The minimum atomic E-state index is -0.342. The number of hydrogen-bond acceptors (Lipinski definition) is 6. The summed E-state index contributed by atoms with van der Waals surface area (Å²) in [6.45, 7) is 9.41. The first-order chi connectivity index (χ1) is 13.3. The monoisotopic (exact) mass is 402 g/mol. The Morgan fingerprint density at radius 2 is 2.07 bits per heavy atom. The number of carbonyl (C=O) groups excluding carboxylic acids is 1. The van der Waals surface area contributed by atoms with Crippen LogP contribution in [0.4, 0.5) is 11.8 Å². The largest absolute Gasteiger partial charge is 0.369 e. The van der Waals surface area contributed by atoms with Crippen molar-refractivity contribution in [1.82, 2.24) is 15.0 Å². The van der Waals surface area contributed by atoms with E-state index in [4.69, 9.17) is 23.1 Å². The summed E-state index contributed by atoms with van der Waals surface area (Å²) in [4.78, 5) is 27.3. The van der Waals surface area contributed by atoms with Gasteiger partial charge in [-0.05, 0) is 43.4 Å². The number of rotatable bonds is 6. The maximum atomic E-state index is 12.0. The van der Waals surface area contributed by atoms with Crippen LogP contribution in [0, 0.1) is 19.8 Å². The minimum Gasteiger partial charge on any atom is -0.369 e. The fourth-order valence-electron chi connectivity index (χ4n) is 4.28. The van der Waals surface area contributed by atoms with Crippen LogP contribution in [0.25, 0.3) is 0 Å². The topological polar surface area (TPSA) is 111 Å². The molecule has 8 heteroatoms. The predicted molar refractivity (Wildman–Crippen MR) is 111 cm³/mol. The molecule has 3 rings (SSSR count). The lowest BCUT2D eigenvalue weighted by molar-refractivity contribution is -0.122. The van der Waals surface area contributed by atoms with E-state index in [-0.39, 0.29) is 28.8 Å². The molecule has 4 N–H and O–H groups in total. The van der Waals surface area contributed by atoms with Crippen molar-refractivity contribution < 1.29 is 4.79 Å². The summed E-state index contributed by atoms with van der Waals surface area (Å²) in [5.74, 6) is -0.0637. The second kappa shape index (κ2) is 7.91. The Labute approximate surface area is 170 Å². The molecule has 7 nitrogen and oxygen atoms in total. The van der Waals surface area contributed by atoms with Gasteiger partial charge in [-0.3, -0.25) is 9.78 Å². The average molecular weight is 403 g/mol. The van der Waals surface area contributed by atoms with Crippen LogP contribution in [0.2, 0.25) is 5.15 Å². The highest BCUT2D eigenvalue weighted by Crippen LogP contribution is 2.44. The molecule has 28 heavy (non-hydrogen) atoms. The molecule has 1 aliphatic rings. The zero-order valence-corrected chi connectivity index (χ0v) is 17.5. The van der Waals surface area contributed by atoms with Crippen molar-refractivity contribution >= 4 is 29.3 Å². The van der Waals surface area contributed by atoms with Gasteiger partial charge >= 0.3 is 0 Å². The average Bonchev–Trinajstić information content (AvgIpc) is 2.96. The Morgan fingerprint density at radius 1 is 1.36 bits per heavy atom. The zero-order chi connectivity index (χ0) is 20.6. The lowest BCUT2D eigenvalue weighted by atomic mass is 9.86. The highest BCUT2D eigenvalue weighted by molar-refractivity contribution is 6.30. The molecule has 2 atom stereocenters. The van der Waals surface area contributed by atoms with Crippen LogP contribution >= 0.6 is 11.6 Å². The molecule has 0 aromatic carbocycles. The Balaban J connectivity index is 2.04.